The first-order valence-corrected chi connectivity index (χ1v) is 9.43. The van der Waals surface area contributed by atoms with Crippen LogP contribution >= 0.6 is 22.9 Å². The molecular weight excluding hydrogens is 368 g/mol. The summed E-state index contributed by atoms with van der Waals surface area (Å²) in [6.07, 6.45) is 0. The molecule has 26 heavy (non-hydrogen) atoms. The SMILES string of the molecule is C[C@@H](c1nnc(-c2cccc(Cl)c2)o1)N(C)Cc1nc2ccccc2s1. The molecular formula is C19H17ClN4OS. The molecule has 0 saturated carbocycles. The molecule has 0 N–H and O–H groups in total. The van der Waals surface area contributed by atoms with Gasteiger partial charge in [-0.2, -0.15) is 0 Å². The van der Waals surface area contributed by atoms with Crippen LogP contribution in [0.25, 0.3) is 21.7 Å². The van der Waals surface area contributed by atoms with Crippen molar-refractivity contribution in [2.45, 2.75) is 19.5 Å². The number of nitrogens with zero attached hydrogens (tertiary/aromatic N) is 4. The first-order valence-electron chi connectivity index (χ1n) is 8.24. The Morgan fingerprint density at radius 3 is 2.81 bits per heavy atom. The number of rotatable bonds is 5. The average Bonchev–Trinajstić information content (AvgIpc) is 3.27. The molecule has 0 aliphatic heterocycles. The fourth-order valence-electron chi connectivity index (χ4n) is 2.67. The van der Waals surface area contributed by atoms with Crippen molar-refractivity contribution in [3.63, 3.8) is 0 Å². The van der Waals surface area contributed by atoms with Crippen LogP contribution in [-0.4, -0.2) is 27.1 Å². The number of para-hydroxylation sites is 1. The maximum atomic E-state index is 6.03. The van der Waals surface area contributed by atoms with Gasteiger partial charge in [0, 0.05) is 10.6 Å². The van der Waals surface area contributed by atoms with Crippen LogP contribution in [0, 0.1) is 0 Å². The average molecular weight is 385 g/mol. The van der Waals surface area contributed by atoms with Gasteiger partial charge in [-0.05, 0) is 44.3 Å². The molecule has 7 heteroatoms. The summed E-state index contributed by atoms with van der Waals surface area (Å²) in [5.74, 6) is 1.05. The predicted octanol–water partition coefficient (Wildman–Crippen LogP) is 5.19. The Morgan fingerprint density at radius 2 is 2.00 bits per heavy atom. The van der Waals surface area contributed by atoms with Crippen LogP contribution in [0.2, 0.25) is 5.02 Å². The van der Waals surface area contributed by atoms with Crippen LogP contribution in [-0.2, 0) is 6.54 Å². The molecule has 0 radical (unpaired) electrons. The molecule has 0 fully saturated rings. The van der Waals surface area contributed by atoms with E-state index in [0.717, 1.165) is 22.6 Å². The number of benzene rings is 2. The first-order chi connectivity index (χ1) is 12.6. The van der Waals surface area contributed by atoms with Gasteiger partial charge in [0.25, 0.3) is 0 Å². The topological polar surface area (TPSA) is 55.1 Å². The van der Waals surface area contributed by atoms with Crippen molar-refractivity contribution >= 4 is 33.2 Å². The molecule has 0 spiro atoms. The summed E-state index contributed by atoms with van der Waals surface area (Å²) in [5.41, 5.74) is 1.85. The van der Waals surface area contributed by atoms with Gasteiger partial charge in [0.15, 0.2) is 0 Å². The van der Waals surface area contributed by atoms with Gasteiger partial charge >= 0.3 is 0 Å². The van der Waals surface area contributed by atoms with Gasteiger partial charge in [-0.25, -0.2) is 4.98 Å². The van der Waals surface area contributed by atoms with E-state index in [1.54, 1.807) is 11.3 Å². The second-order valence-electron chi connectivity index (χ2n) is 6.12. The van der Waals surface area contributed by atoms with Gasteiger partial charge in [-0.3, -0.25) is 4.90 Å². The summed E-state index contributed by atoms with van der Waals surface area (Å²) in [5, 5.41) is 10.1. The monoisotopic (exact) mass is 384 g/mol. The fraction of sp³-hybridized carbons (Fsp3) is 0.211. The minimum absolute atomic E-state index is 0.0255. The molecule has 0 bridgehead atoms. The van der Waals surface area contributed by atoms with Crippen molar-refractivity contribution in [2.24, 2.45) is 0 Å². The molecule has 132 valence electrons. The molecule has 2 aromatic carbocycles. The van der Waals surface area contributed by atoms with Crippen LogP contribution in [0.5, 0.6) is 0 Å². The lowest BCUT2D eigenvalue weighted by Gasteiger charge is -2.20. The summed E-state index contributed by atoms with van der Waals surface area (Å²) in [4.78, 5) is 6.83. The summed E-state index contributed by atoms with van der Waals surface area (Å²) in [6, 6.07) is 15.5. The van der Waals surface area contributed by atoms with E-state index in [1.165, 1.54) is 4.70 Å². The highest BCUT2D eigenvalue weighted by molar-refractivity contribution is 7.18. The molecule has 0 aliphatic carbocycles. The van der Waals surface area contributed by atoms with Crippen LogP contribution in [0.4, 0.5) is 0 Å². The molecule has 0 unspecified atom stereocenters. The van der Waals surface area contributed by atoms with Crippen molar-refractivity contribution in [3.05, 3.63) is 64.5 Å². The quantitative estimate of drug-likeness (QED) is 0.473. The lowest BCUT2D eigenvalue weighted by Crippen LogP contribution is -2.22. The maximum Gasteiger partial charge on any atom is 0.247 e. The van der Waals surface area contributed by atoms with Crippen molar-refractivity contribution < 1.29 is 4.42 Å². The van der Waals surface area contributed by atoms with Gasteiger partial charge in [0.05, 0.1) is 22.8 Å². The van der Waals surface area contributed by atoms with Crippen molar-refractivity contribution in [2.75, 3.05) is 7.05 Å². The molecule has 2 heterocycles. The number of hydrogen-bond acceptors (Lipinski definition) is 6. The normalized spacial score (nSPS) is 12.8. The smallest absolute Gasteiger partial charge is 0.247 e. The molecule has 4 rings (SSSR count). The van der Waals surface area contributed by atoms with Crippen LogP contribution < -0.4 is 0 Å². The third kappa shape index (κ3) is 3.49. The summed E-state index contributed by atoms with van der Waals surface area (Å²) in [7, 11) is 2.03. The summed E-state index contributed by atoms with van der Waals surface area (Å²) >= 11 is 7.74. The molecule has 4 aromatic rings. The van der Waals surface area contributed by atoms with E-state index in [0.29, 0.717) is 16.8 Å². The van der Waals surface area contributed by atoms with Crippen molar-refractivity contribution in [1.82, 2.24) is 20.1 Å². The van der Waals surface area contributed by atoms with E-state index >= 15 is 0 Å². The van der Waals surface area contributed by atoms with Gasteiger partial charge in [0.1, 0.15) is 5.01 Å². The Kier molecular flexibility index (Phi) is 4.72. The minimum atomic E-state index is -0.0255. The second kappa shape index (κ2) is 7.15. The molecule has 2 aromatic heterocycles. The van der Waals surface area contributed by atoms with Gasteiger partial charge < -0.3 is 4.42 Å². The van der Waals surface area contributed by atoms with Gasteiger partial charge in [0.2, 0.25) is 11.8 Å². The molecule has 0 saturated heterocycles. The molecule has 1 atom stereocenters. The Hall–Kier alpha value is -2.28. The predicted molar refractivity (Wildman–Crippen MR) is 104 cm³/mol. The van der Waals surface area contributed by atoms with Crippen LogP contribution in [0.1, 0.15) is 23.9 Å². The Balaban J connectivity index is 1.50. The number of aromatic nitrogens is 3. The lowest BCUT2D eigenvalue weighted by molar-refractivity contribution is 0.218. The second-order valence-corrected chi connectivity index (χ2v) is 7.67. The largest absolute Gasteiger partial charge is 0.419 e. The standard InChI is InChI=1S/C19H17ClN4OS/c1-12(18-22-23-19(25-18)13-6-5-7-14(20)10-13)24(2)11-17-21-15-8-3-4-9-16(15)26-17/h3-10,12H,11H2,1-2H3/t12-/m0/s1. The fourth-order valence-corrected chi connectivity index (χ4v) is 3.89. The van der Waals surface area contributed by atoms with Gasteiger partial charge in [-0.15, -0.1) is 21.5 Å². The van der Waals surface area contributed by atoms with E-state index in [4.69, 9.17) is 16.0 Å². The highest BCUT2D eigenvalue weighted by Gasteiger charge is 2.20. The van der Waals surface area contributed by atoms with Crippen LogP contribution in [0.15, 0.2) is 52.9 Å². The highest BCUT2D eigenvalue weighted by atomic mass is 35.5. The number of hydrogen-bond donors (Lipinski definition) is 0. The molecule has 0 amide bonds. The van der Waals surface area contributed by atoms with E-state index in [9.17, 15) is 0 Å². The van der Waals surface area contributed by atoms with E-state index in [-0.39, 0.29) is 6.04 Å². The summed E-state index contributed by atoms with van der Waals surface area (Å²) in [6.45, 7) is 2.76. The first kappa shape index (κ1) is 17.1. The van der Waals surface area contributed by atoms with Crippen molar-refractivity contribution in [3.8, 4) is 11.5 Å². The number of fused-ring (bicyclic) bond motifs is 1. The van der Waals surface area contributed by atoms with E-state index in [2.05, 4.69) is 26.1 Å². The third-order valence-corrected chi connectivity index (χ3v) is 5.51. The van der Waals surface area contributed by atoms with Crippen molar-refractivity contribution in [1.29, 1.82) is 0 Å². The highest BCUT2D eigenvalue weighted by Crippen LogP contribution is 2.27. The Morgan fingerprint density at radius 1 is 1.15 bits per heavy atom. The zero-order chi connectivity index (χ0) is 18.1. The number of halogens is 1. The maximum absolute atomic E-state index is 6.03. The van der Waals surface area contributed by atoms with Gasteiger partial charge in [-0.1, -0.05) is 29.8 Å². The third-order valence-electron chi connectivity index (χ3n) is 4.25. The lowest BCUT2D eigenvalue weighted by atomic mass is 10.2. The Bertz CT molecular complexity index is 1010. The Labute approximate surface area is 160 Å². The molecule has 5 nitrogen and oxygen atoms in total. The van der Waals surface area contributed by atoms with E-state index in [1.807, 2.05) is 56.4 Å². The minimum Gasteiger partial charge on any atom is -0.419 e. The molecule has 0 aliphatic rings. The number of thiazole rings is 1. The van der Waals surface area contributed by atoms with E-state index < -0.39 is 0 Å². The van der Waals surface area contributed by atoms with Crippen LogP contribution in [0.3, 0.4) is 0 Å². The zero-order valence-electron chi connectivity index (χ0n) is 14.4. The zero-order valence-corrected chi connectivity index (χ0v) is 16.0. The summed E-state index contributed by atoms with van der Waals surface area (Å²) < 4.78 is 7.06.